The number of carbonyl (C=O) groups excluding carboxylic acids is 1. The van der Waals surface area contributed by atoms with Gasteiger partial charge in [-0.3, -0.25) is 14.9 Å². The molecule has 7 heteroatoms. The third kappa shape index (κ3) is 3.45. The van der Waals surface area contributed by atoms with Crippen molar-refractivity contribution in [2.45, 2.75) is 12.6 Å². The third-order valence-electron chi connectivity index (χ3n) is 5.52. The minimum absolute atomic E-state index is 0.0830. The lowest BCUT2D eigenvalue weighted by molar-refractivity contribution is 0.0730. The van der Waals surface area contributed by atoms with E-state index in [1.807, 2.05) is 65.6 Å². The first-order chi connectivity index (χ1) is 15.2. The van der Waals surface area contributed by atoms with E-state index in [0.717, 1.165) is 33.7 Å². The van der Waals surface area contributed by atoms with E-state index in [2.05, 4.69) is 15.2 Å². The number of fused-ring (bicyclic) bond motifs is 1. The molecule has 154 valence electrons. The van der Waals surface area contributed by atoms with E-state index in [9.17, 15) is 4.79 Å². The molecule has 4 aromatic rings. The van der Waals surface area contributed by atoms with E-state index in [4.69, 9.17) is 16.3 Å². The largest absolute Gasteiger partial charge is 0.497 e. The van der Waals surface area contributed by atoms with Crippen molar-refractivity contribution in [2.24, 2.45) is 0 Å². The van der Waals surface area contributed by atoms with Gasteiger partial charge in [-0.05, 0) is 47.5 Å². The van der Waals surface area contributed by atoms with Crippen molar-refractivity contribution in [3.63, 3.8) is 0 Å². The van der Waals surface area contributed by atoms with E-state index in [1.165, 1.54) is 0 Å². The lowest BCUT2D eigenvalue weighted by atomic mass is 9.96. The quantitative estimate of drug-likeness (QED) is 0.490. The molecule has 6 nitrogen and oxygen atoms in total. The standard InChI is InChI=1S/C24H19ClN4O2/c1-31-19-8-4-17(5-9-19)23-20-21(16-2-6-18(25)7-3-16)27-28-22(20)24(30)29(23)14-15-10-12-26-13-11-15/h2-13,23H,14H2,1H3,(H,27,28). The second-order valence-electron chi connectivity index (χ2n) is 7.33. The summed E-state index contributed by atoms with van der Waals surface area (Å²) in [5.41, 5.74) is 5.02. The maximum absolute atomic E-state index is 13.4. The molecule has 3 heterocycles. The lowest BCUT2D eigenvalue weighted by Crippen LogP contribution is -2.29. The highest BCUT2D eigenvalue weighted by Gasteiger charge is 2.42. The van der Waals surface area contributed by atoms with Crippen molar-refractivity contribution in [1.82, 2.24) is 20.1 Å². The molecule has 0 fully saturated rings. The van der Waals surface area contributed by atoms with Gasteiger partial charge in [-0.15, -0.1) is 0 Å². The molecule has 2 aromatic carbocycles. The van der Waals surface area contributed by atoms with Gasteiger partial charge < -0.3 is 9.64 Å². The Morgan fingerprint density at radius 1 is 1.03 bits per heavy atom. The number of aromatic nitrogens is 3. The zero-order valence-corrected chi connectivity index (χ0v) is 17.5. The Kier molecular flexibility index (Phi) is 4.92. The number of aromatic amines is 1. The van der Waals surface area contributed by atoms with E-state index in [-0.39, 0.29) is 11.9 Å². The van der Waals surface area contributed by atoms with E-state index in [0.29, 0.717) is 17.3 Å². The molecule has 0 bridgehead atoms. The van der Waals surface area contributed by atoms with Crippen LogP contribution in [0, 0.1) is 0 Å². The first-order valence-electron chi connectivity index (χ1n) is 9.83. The molecule has 2 aromatic heterocycles. The molecule has 1 aliphatic rings. The number of halogens is 1. The van der Waals surface area contributed by atoms with Crippen molar-refractivity contribution < 1.29 is 9.53 Å². The van der Waals surface area contributed by atoms with Crippen LogP contribution in [0.2, 0.25) is 5.02 Å². The van der Waals surface area contributed by atoms with Gasteiger partial charge in [0.1, 0.15) is 11.4 Å². The second-order valence-corrected chi connectivity index (χ2v) is 7.77. The first kappa shape index (κ1) is 19.3. The van der Waals surface area contributed by atoms with Gasteiger partial charge in [-0.25, -0.2) is 0 Å². The summed E-state index contributed by atoms with van der Waals surface area (Å²) in [6.45, 7) is 0.459. The monoisotopic (exact) mass is 430 g/mol. The maximum atomic E-state index is 13.4. The number of pyridine rings is 1. The number of carbonyl (C=O) groups is 1. The van der Waals surface area contributed by atoms with Crippen LogP contribution in [0.15, 0.2) is 73.1 Å². The SMILES string of the molecule is COc1ccc(C2c3c(-c4ccc(Cl)cc4)n[nH]c3C(=O)N2Cc2ccncc2)cc1. The fourth-order valence-electron chi connectivity index (χ4n) is 4.01. The zero-order chi connectivity index (χ0) is 21.4. The summed E-state index contributed by atoms with van der Waals surface area (Å²) in [7, 11) is 1.64. The van der Waals surface area contributed by atoms with Gasteiger partial charge in [0.05, 0.1) is 18.8 Å². The van der Waals surface area contributed by atoms with Gasteiger partial charge in [0, 0.05) is 35.1 Å². The van der Waals surface area contributed by atoms with Gasteiger partial charge >= 0.3 is 0 Å². The van der Waals surface area contributed by atoms with Crippen molar-refractivity contribution in [1.29, 1.82) is 0 Å². The lowest BCUT2D eigenvalue weighted by Gasteiger charge is -2.26. The van der Waals surface area contributed by atoms with Crippen LogP contribution in [-0.4, -0.2) is 33.1 Å². The molecule has 1 atom stereocenters. The summed E-state index contributed by atoms with van der Waals surface area (Å²) in [6, 6.07) is 18.8. The van der Waals surface area contributed by atoms with Crippen LogP contribution < -0.4 is 4.74 Å². The molecule has 0 saturated carbocycles. The summed E-state index contributed by atoms with van der Waals surface area (Å²) in [5, 5.41) is 8.12. The Morgan fingerprint density at radius 3 is 2.42 bits per heavy atom. The Balaban J connectivity index is 1.63. The summed E-state index contributed by atoms with van der Waals surface area (Å²) < 4.78 is 5.32. The topological polar surface area (TPSA) is 71.1 Å². The molecular formula is C24H19ClN4O2. The fraction of sp³-hybridized carbons (Fsp3) is 0.125. The summed E-state index contributed by atoms with van der Waals surface area (Å²) in [6.07, 6.45) is 3.47. The number of rotatable bonds is 5. The Morgan fingerprint density at radius 2 is 1.74 bits per heavy atom. The minimum atomic E-state index is -0.286. The maximum Gasteiger partial charge on any atom is 0.273 e. The fourth-order valence-corrected chi connectivity index (χ4v) is 4.13. The molecule has 0 spiro atoms. The van der Waals surface area contributed by atoms with Crippen molar-refractivity contribution in [2.75, 3.05) is 7.11 Å². The predicted molar refractivity (Wildman–Crippen MR) is 118 cm³/mol. The minimum Gasteiger partial charge on any atom is -0.497 e. The molecule has 5 rings (SSSR count). The average molecular weight is 431 g/mol. The second kappa shape index (κ2) is 7.89. The number of hydrogen-bond donors (Lipinski definition) is 1. The zero-order valence-electron chi connectivity index (χ0n) is 16.7. The number of H-pyrrole nitrogens is 1. The molecule has 0 radical (unpaired) electrons. The molecule has 0 aliphatic carbocycles. The van der Waals surface area contributed by atoms with Crippen LogP contribution in [0.3, 0.4) is 0 Å². The van der Waals surface area contributed by atoms with Crippen molar-refractivity contribution >= 4 is 17.5 Å². The number of nitrogens with zero attached hydrogens (tertiary/aromatic N) is 3. The van der Waals surface area contributed by atoms with Crippen molar-refractivity contribution in [3.8, 4) is 17.0 Å². The van der Waals surface area contributed by atoms with Crippen molar-refractivity contribution in [3.05, 3.63) is 100 Å². The number of nitrogens with one attached hydrogen (secondary N) is 1. The molecule has 31 heavy (non-hydrogen) atoms. The summed E-state index contributed by atoms with van der Waals surface area (Å²) >= 11 is 6.07. The van der Waals surface area contributed by atoms with Gasteiger partial charge in [-0.1, -0.05) is 35.9 Å². The number of benzene rings is 2. The van der Waals surface area contributed by atoms with Gasteiger partial charge in [0.2, 0.25) is 0 Å². The number of amides is 1. The van der Waals surface area contributed by atoms with E-state index < -0.39 is 0 Å². The van der Waals surface area contributed by atoms with Crippen LogP contribution in [0.25, 0.3) is 11.3 Å². The van der Waals surface area contributed by atoms with Crippen LogP contribution >= 0.6 is 11.6 Å². The van der Waals surface area contributed by atoms with Gasteiger partial charge in [-0.2, -0.15) is 5.10 Å². The Bertz CT molecular complexity index is 1220. The average Bonchev–Trinajstić information content (AvgIpc) is 3.35. The number of hydrogen-bond acceptors (Lipinski definition) is 4. The highest BCUT2D eigenvalue weighted by atomic mass is 35.5. The molecule has 0 saturated heterocycles. The molecule has 1 unspecified atom stereocenters. The highest BCUT2D eigenvalue weighted by molar-refractivity contribution is 6.30. The molecule has 1 N–H and O–H groups in total. The first-order valence-corrected chi connectivity index (χ1v) is 10.2. The molecule has 1 aliphatic heterocycles. The number of ether oxygens (including phenoxy) is 1. The van der Waals surface area contributed by atoms with E-state index in [1.54, 1.807) is 19.5 Å². The number of methoxy groups -OCH3 is 1. The van der Waals surface area contributed by atoms with Gasteiger partial charge in [0.25, 0.3) is 5.91 Å². The van der Waals surface area contributed by atoms with Gasteiger partial charge in [0.15, 0.2) is 0 Å². The molecular weight excluding hydrogens is 412 g/mol. The van der Waals surface area contributed by atoms with Crippen LogP contribution in [0.1, 0.15) is 33.2 Å². The van der Waals surface area contributed by atoms with Crippen LogP contribution in [-0.2, 0) is 6.54 Å². The summed E-state index contributed by atoms with van der Waals surface area (Å²) in [5.74, 6) is 0.680. The van der Waals surface area contributed by atoms with E-state index >= 15 is 0 Å². The smallest absolute Gasteiger partial charge is 0.273 e. The normalized spacial score (nSPS) is 15.2. The van der Waals surface area contributed by atoms with Crippen LogP contribution in [0.5, 0.6) is 5.75 Å². The Labute approximate surface area is 184 Å². The van der Waals surface area contributed by atoms with Crippen LogP contribution in [0.4, 0.5) is 0 Å². The predicted octanol–water partition coefficient (Wildman–Crippen LogP) is 4.88. The summed E-state index contributed by atoms with van der Waals surface area (Å²) in [4.78, 5) is 19.3. The molecule has 1 amide bonds. The Hall–Kier alpha value is -3.64. The highest BCUT2D eigenvalue weighted by Crippen LogP contribution is 2.43. The third-order valence-corrected chi connectivity index (χ3v) is 5.77.